The van der Waals surface area contributed by atoms with E-state index in [9.17, 15) is 18.8 Å². The first-order valence-electron chi connectivity index (χ1n) is 11.3. The van der Waals surface area contributed by atoms with Crippen LogP contribution in [0.25, 0.3) is 0 Å². The van der Waals surface area contributed by atoms with Gasteiger partial charge in [0.25, 0.3) is 0 Å². The van der Waals surface area contributed by atoms with Crippen molar-refractivity contribution in [2.24, 2.45) is 10.8 Å². The fourth-order valence-corrected chi connectivity index (χ4v) is 5.77. The average molecular weight is 446 g/mol. The van der Waals surface area contributed by atoms with E-state index in [0.717, 1.165) is 13.0 Å². The third kappa shape index (κ3) is 3.57. The fraction of sp³-hybridized carbons (Fsp3) is 0.609. The molecule has 1 aromatic carbocycles. The van der Waals surface area contributed by atoms with Crippen LogP contribution in [0.15, 0.2) is 24.3 Å². The highest BCUT2D eigenvalue weighted by Gasteiger charge is 2.66. The van der Waals surface area contributed by atoms with E-state index >= 15 is 0 Å². The maximum absolute atomic E-state index is 13.5. The predicted octanol–water partition coefficient (Wildman–Crippen LogP) is 2.68. The van der Waals surface area contributed by atoms with Crippen LogP contribution < -0.4 is 5.32 Å². The molecule has 32 heavy (non-hydrogen) atoms. The first-order valence-corrected chi connectivity index (χ1v) is 11.3. The van der Waals surface area contributed by atoms with Crippen molar-refractivity contribution in [2.75, 3.05) is 58.7 Å². The molecule has 4 rings (SSSR count). The van der Waals surface area contributed by atoms with Crippen molar-refractivity contribution in [3.05, 3.63) is 30.1 Å². The van der Waals surface area contributed by atoms with E-state index in [2.05, 4.69) is 5.32 Å². The van der Waals surface area contributed by atoms with E-state index in [1.165, 1.54) is 24.3 Å². The van der Waals surface area contributed by atoms with Gasteiger partial charge in [0.2, 0.25) is 5.91 Å². The van der Waals surface area contributed by atoms with Gasteiger partial charge in [-0.05, 0) is 50.5 Å². The fourth-order valence-electron chi connectivity index (χ4n) is 5.77. The van der Waals surface area contributed by atoms with Crippen LogP contribution in [0.2, 0.25) is 0 Å². The zero-order valence-corrected chi connectivity index (χ0v) is 19.1. The Morgan fingerprint density at radius 2 is 1.69 bits per heavy atom. The number of nitrogens with one attached hydrogen (secondary N) is 1. The highest BCUT2D eigenvalue weighted by atomic mass is 19.1. The van der Waals surface area contributed by atoms with Gasteiger partial charge in [0, 0.05) is 64.5 Å². The minimum Gasteiger partial charge on any atom is -0.342 e. The zero-order valence-electron chi connectivity index (χ0n) is 19.1. The minimum absolute atomic E-state index is 0.0690. The van der Waals surface area contributed by atoms with Gasteiger partial charge in [-0.1, -0.05) is 0 Å². The molecule has 0 aromatic heterocycles. The third-order valence-corrected chi connectivity index (χ3v) is 7.61. The number of hydrogen-bond acceptors (Lipinski definition) is 3. The molecule has 3 fully saturated rings. The summed E-state index contributed by atoms with van der Waals surface area (Å²) in [6.07, 6.45) is 2.09. The Morgan fingerprint density at radius 1 is 1.03 bits per heavy atom. The molecule has 1 N–H and O–H groups in total. The van der Waals surface area contributed by atoms with Crippen molar-refractivity contribution in [1.82, 2.24) is 19.6 Å². The van der Waals surface area contributed by atoms with Crippen LogP contribution >= 0.6 is 0 Å². The van der Waals surface area contributed by atoms with Gasteiger partial charge < -0.3 is 24.9 Å². The van der Waals surface area contributed by atoms with Gasteiger partial charge in [0.1, 0.15) is 5.82 Å². The van der Waals surface area contributed by atoms with Crippen molar-refractivity contribution in [3.8, 4) is 0 Å². The van der Waals surface area contributed by atoms with Crippen LogP contribution in [-0.4, -0.2) is 90.9 Å². The lowest BCUT2D eigenvalue weighted by Crippen LogP contribution is -2.54. The molecule has 1 atom stereocenters. The lowest BCUT2D eigenvalue weighted by molar-refractivity contribution is -0.141. The number of carbonyl (C=O) groups is 3. The predicted molar refractivity (Wildman–Crippen MR) is 119 cm³/mol. The number of piperidine rings is 1. The Balaban J connectivity index is 1.51. The van der Waals surface area contributed by atoms with Crippen molar-refractivity contribution in [2.45, 2.75) is 26.2 Å². The third-order valence-electron chi connectivity index (χ3n) is 7.61. The molecule has 0 saturated carbocycles. The van der Waals surface area contributed by atoms with E-state index in [-0.39, 0.29) is 29.2 Å². The van der Waals surface area contributed by atoms with Gasteiger partial charge in [0.05, 0.1) is 5.41 Å². The topological polar surface area (TPSA) is 76.2 Å². The molecule has 0 unspecified atom stereocenters. The quantitative estimate of drug-likeness (QED) is 0.761. The van der Waals surface area contributed by atoms with E-state index in [0.29, 0.717) is 51.3 Å². The van der Waals surface area contributed by atoms with Crippen molar-refractivity contribution in [3.63, 3.8) is 0 Å². The second-order valence-corrected chi connectivity index (χ2v) is 9.45. The first kappa shape index (κ1) is 22.4. The number of amides is 5. The molecule has 5 amide bonds. The molecule has 0 radical (unpaired) electrons. The molecule has 3 aliphatic heterocycles. The van der Waals surface area contributed by atoms with E-state index in [1.54, 1.807) is 23.9 Å². The lowest BCUT2D eigenvalue weighted by atomic mass is 9.60. The maximum atomic E-state index is 13.5. The number of benzene rings is 1. The van der Waals surface area contributed by atoms with E-state index < -0.39 is 5.41 Å². The first-order chi connectivity index (χ1) is 15.2. The summed E-state index contributed by atoms with van der Waals surface area (Å²) in [5.41, 5.74) is -0.359. The van der Waals surface area contributed by atoms with Crippen molar-refractivity contribution >= 4 is 23.7 Å². The summed E-state index contributed by atoms with van der Waals surface area (Å²) in [4.78, 5) is 46.1. The maximum Gasteiger partial charge on any atom is 0.321 e. The van der Waals surface area contributed by atoms with Gasteiger partial charge >= 0.3 is 12.1 Å². The molecule has 0 bridgehead atoms. The molecule has 174 valence electrons. The van der Waals surface area contributed by atoms with Crippen molar-refractivity contribution in [1.29, 1.82) is 0 Å². The SMILES string of the molecule is CCN1CC[C@@]2(CN(C(=O)N(C)C)CC23CCN(C(=O)Nc2ccc(F)cc2)CC3)C1=O. The summed E-state index contributed by atoms with van der Waals surface area (Å²) in [5, 5.41) is 2.82. The smallest absolute Gasteiger partial charge is 0.321 e. The molecular formula is C23H32FN5O3. The van der Waals surface area contributed by atoms with Gasteiger partial charge in [-0.2, -0.15) is 0 Å². The molecular weight excluding hydrogens is 413 g/mol. The van der Waals surface area contributed by atoms with Crippen LogP contribution in [0.3, 0.4) is 0 Å². The Bertz CT molecular complexity index is 897. The molecule has 1 aromatic rings. The molecule has 0 aliphatic carbocycles. The number of nitrogens with zero attached hydrogens (tertiary/aromatic N) is 4. The number of urea groups is 2. The largest absolute Gasteiger partial charge is 0.342 e. The molecule has 2 spiro atoms. The Kier molecular flexibility index (Phi) is 5.77. The van der Waals surface area contributed by atoms with Crippen LogP contribution in [0.5, 0.6) is 0 Å². The van der Waals surface area contributed by atoms with Crippen molar-refractivity contribution < 1.29 is 18.8 Å². The number of carbonyl (C=O) groups excluding carboxylic acids is 3. The standard InChI is InChI=1S/C23H32FN5O3/c1-4-27-14-11-23(19(27)30)16-29(21(32)26(2)3)15-22(23)9-12-28(13-10-22)20(31)25-18-7-5-17(24)6-8-18/h5-8H,4,9-16H2,1-3H3,(H,25,31)/t23-/m1/s1. The van der Waals surface area contributed by atoms with Gasteiger partial charge in [-0.15, -0.1) is 0 Å². The number of rotatable bonds is 2. The number of likely N-dealkylation sites (tertiary alicyclic amines) is 3. The lowest BCUT2D eigenvalue weighted by Gasteiger charge is -2.46. The molecule has 3 aliphatic rings. The highest BCUT2D eigenvalue weighted by Crippen LogP contribution is 2.58. The van der Waals surface area contributed by atoms with Gasteiger partial charge in [-0.3, -0.25) is 4.79 Å². The van der Waals surface area contributed by atoms with Crippen LogP contribution in [-0.2, 0) is 4.79 Å². The second-order valence-electron chi connectivity index (χ2n) is 9.45. The second kappa shape index (κ2) is 8.26. The summed E-state index contributed by atoms with van der Waals surface area (Å²) < 4.78 is 13.1. The Labute approximate surface area is 188 Å². The van der Waals surface area contributed by atoms with Gasteiger partial charge in [-0.25, -0.2) is 14.0 Å². The Morgan fingerprint density at radius 3 is 2.25 bits per heavy atom. The summed E-state index contributed by atoms with van der Waals surface area (Å²) >= 11 is 0. The summed E-state index contributed by atoms with van der Waals surface area (Å²) in [6.45, 7) is 5.39. The normalized spacial score (nSPS) is 24.5. The molecule has 9 heteroatoms. The molecule has 3 saturated heterocycles. The minimum atomic E-state index is -0.575. The van der Waals surface area contributed by atoms with E-state index in [1.807, 2.05) is 16.7 Å². The summed E-state index contributed by atoms with van der Waals surface area (Å²) in [5.74, 6) is -0.202. The zero-order chi connectivity index (χ0) is 23.1. The molecule has 8 nitrogen and oxygen atoms in total. The summed E-state index contributed by atoms with van der Waals surface area (Å²) in [7, 11) is 3.47. The monoisotopic (exact) mass is 445 g/mol. The number of hydrogen-bond donors (Lipinski definition) is 1. The van der Waals surface area contributed by atoms with E-state index in [4.69, 9.17) is 0 Å². The highest BCUT2D eigenvalue weighted by molar-refractivity contribution is 5.90. The summed E-state index contributed by atoms with van der Waals surface area (Å²) in [6, 6.07) is 5.39. The molecule has 3 heterocycles. The number of fused-ring (bicyclic) bond motifs is 1. The van der Waals surface area contributed by atoms with Crippen LogP contribution in [0, 0.1) is 16.6 Å². The van der Waals surface area contributed by atoms with Crippen LogP contribution in [0.4, 0.5) is 19.7 Å². The average Bonchev–Trinajstić information content (AvgIpc) is 3.27. The number of halogens is 1. The number of anilines is 1. The van der Waals surface area contributed by atoms with Crippen LogP contribution in [0.1, 0.15) is 26.2 Å². The Hall–Kier alpha value is -2.84. The van der Waals surface area contributed by atoms with Gasteiger partial charge in [0.15, 0.2) is 0 Å².